The fourth-order valence-electron chi connectivity index (χ4n) is 2.67. The summed E-state index contributed by atoms with van der Waals surface area (Å²) in [6, 6.07) is 14.3. The average molecular weight is 354 g/mol. The van der Waals surface area contributed by atoms with Crippen LogP contribution in [0.15, 0.2) is 47.0 Å². The first-order valence-corrected chi connectivity index (χ1v) is 9.77. The molecule has 0 unspecified atom stereocenters. The highest BCUT2D eigenvalue weighted by atomic mass is 32.2. The van der Waals surface area contributed by atoms with Crippen LogP contribution in [0.3, 0.4) is 0 Å². The van der Waals surface area contributed by atoms with Crippen molar-refractivity contribution >= 4 is 10.8 Å². The summed E-state index contributed by atoms with van der Waals surface area (Å²) >= 11 is 0. The summed E-state index contributed by atoms with van der Waals surface area (Å²) < 4.78 is 17.7. The Labute approximate surface area is 150 Å². The van der Waals surface area contributed by atoms with Gasteiger partial charge in [0.1, 0.15) is 0 Å². The molecule has 0 aliphatic carbocycles. The van der Waals surface area contributed by atoms with Gasteiger partial charge in [0, 0.05) is 16.6 Å². The highest BCUT2D eigenvalue weighted by molar-refractivity contribution is 7.83. The molecule has 3 rings (SSSR count). The van der Waals surface area contributed by atoms with E-state index in [9.17, 15) is 4.21 Å². The SMILES string of the molecule is Cc1ccc(C[S@@](=O)Cc2noc(Cc3ccccc3C)n2)cc1C. The van der Waals surface area contributed by atoms with Gasteiger partial charge >= 0.3 is 0 Å². The van der Waals surface area contributed by atoms with Crippen LogP contribution in [-0.4, -0.2) is 14.3 Å². The van der Waals surface area contributed by atoms with Crippen LogP contribution in [-0.2, 0) is 28.7 Å². The maximum atomic E-state index is 12.4. The van der Waals surface area contributed by atoms with Crippen LogP contribution in [0.4, 0.5) is 0 Å². The molecule has 0 spiro atoms. The molecule has 2 aromatic carbocycles. The third kappa shape index (κ3) is 4.63. The largest absolute Gasteiger partial charge is 0.339 e. The first-order valence-electron chi connectivity index (χ1n) is 8.28. The zero-order valence-electron chi connectivity index (χ0n) is 14.8. The predicted octanol–water partition coefficient (Wildman–Crippen LogP) is 4.03. The standard InChI is InChI=1S/C20H22N2O2S/c1-14-8-9-17(10-16(14)3)12-25(23)13-19-21-20(24-22-19)11-18-7-5-4-6-15(18)2/h4-10H,11-13H2,1-3H3/t25-/m1/s1. The monoisotopic (exact) mass is 354 g/mol. The van der Waals surface area contributed by atoms with Gasteiger partial charge in [0.05, 0.1) is 12.2 Å². The highest BCUT2D eigenvalue weighted by Gasteiger charge is 2.12. The lowest BCUT2D eigenvalue weighted by Gasteiger charge is -2.04. The molecule has 1 heterocycles. The Morgan fingerprint density at radius 2 is 1.76 bits per heavy atom. The minimum atomic E-state index is -1.06. The van der Waals surface area contributed by atoms with E-state index in [0.29, 0.717) is 29.6 Å². The number of rotatable bonds is 6. The van der Waals surface area contributed by atoms with Gasteiger partial charge in [-0.15, -0.1) is 0 Å². The van der Waals surface area contributed by atoms with Gasteiger partial charge in [0.2, 0.25) is 5.89 Å². The van der Waals surface area contributed by atoms with Crippen LogP contribution in [0, 0.1) is 20.8 Å². The van der Waals surface area contributed by atoms with Crippen molar-refractivity contribution in [1.29, 1.82) is 0 Å². The van der Waals surface area contributed by atoms with Gasteiger partial charge in [0.25, 0.3) is 0 Å². The fourth-order valence-corrected chi connectivity index (χ4v) is 3.72. The van der Waals surface area contributed by atoms with E-state index in [0.717, 1.165) is 11.1 Å². The average Bonchev–Trinajstić information content (AvgIpc) is 3.00. The number of hydrogen-bond acceptors (Lipinski definition) is 4. The zero-order valence-corrected chi connectivity index (χ0v) is 15.6. The van der Waals surface area contributed by atoms with Crippen LogP contribution in [0.25, 0.3) is 0 Å². The third-order valence-electron chi connectivity index (χ3n) is 4.30. The number of aryl methyl sites for hydroxylation is 3. The summed E-state index contributed by atoms with van der Waals surface area (Å²) in [4.78, 5) is 4.39. The van der Waals surface area contributed by atoms with Crippen LogP contribution in [0.5, 0.6) is 0 Å². The van der Waals surface area contributed by atoms with Crippen LogP contribution < -0.4 is 0 Å². The molecule has 4 nitrogen and oxygen atoms in total. The van der Waals surface area contributed by atoms with Gasteiger partial charge in [-0.05, 0) is 48.6 Å². The first kappa shape index (κ1) is 17.5. The second-order valence-electron chi connectivity index (χ2n) is 6.35. The first-order chi connectivity index (χ1) is 12.0. The molecule has 5 heteroatoms. The van der Waals surface area contributed by atoms with Crippen LogP contribution in [0.1, 0.15) is 39.5 Å². The Bertz CT molecular complexity index is 902. The van der Waals surface area contributed by atoms with Gasteiger partial charge in [-0.2, -0.15) is 4.98 Å². The fraction of sp³-hybridized carbons (Fsp3) is 0.300. The Morgan fingerprint density at radius 3 is 2.52 bits per heavy atom. The summed E-state index contributed by atoms with van der Waals surface area (Å²) in [5.41, 5.74) is 5.89. The summed E-state index contributed by atoms with van der Waals surface area (Å²) in [6.45, 7) is 6.20. The number of hydrogen-bond donors (Lipinski definition) is 0. The lowest BCUT2D eigenvalue weighted by atomic mass is 10.1. The van der Waals surface area contributed by atoms with Gasteiger partial charge in [-0.1, -0.05) is 47.6 Å². The Morgan fingerprint density at radius 1 is 0.960 bits per heavy atom. The van der Waals surface area contributed by atoms with E-state index >= 15 is 0 Å². The van der Waals surface area contributed by atoms with Crippen LogP contribution in [0.2, 0.25) is 0 Å². The van der Waals surface area contributed by atoms with Crippen molar-refractivity contribution in [2.24, 2.45) is 0 Å². The molecule has 0 aliphatic heterocycles. The van der Waals surface area contributed by atoms with Crippen LogP contribution >= 0.6 is 0 Å². The van der Waals surface area contributed by atoms with E-state index < -0.39 is 10.8 Å². The van der Waals surface area contributed by atoms with Crippen molar-refractivity contribution in [3.05, 3.63) is 82.0 Å². The van der Waals surface area contributed by atoms with Crippen molar-refractivity contribution in [2.75, 3.05) is 0 Å². The molecule has 1 atom stereocenters. The predicted molar refractivity (Wildman–Crippen MR) is 99.7 cm³/mol. The zero-order chi connectivity index (χ0) is 17.8. The van der Waals surface area contributed by atoms with E-state index in [4.69, 9.17) is 4.52 Å². The normalized spacial score (nSPS) is 12.3. The number of benzene rings is 2. The molecule has 0 radical (unpaired) electrons. The lowest BCUT2D eigenvalue weighted by Crippen LogP contribution is -2.02. The molecule has 0 bridgehead atoms. The molecule has 0 saturated carbocycles. The molecule has 0 aliphatic rings. The lowest BCUT2D eigenvalue weighted by molar-refractivity contribution is 0.380. The van der Waals surface area contributed by atoms with E-state index in [-0.39, 0.29) is 0 Å². The van der Waals surface area contributed by atoms with Crippen molar-refractivity contribution in [1.82, 2.24) is 10.1 Å². The summed E-state index contributed by atoms with van der Waals surface area (Å²) in [5.74, 6) is 1.88. The smallest absolute Gasteiger partial charge is 0.231 e. The van der Waals surface area contributed by atoms with Gasteiger partial charge in [-0.3, -0.25) is 4.21 Å². The molecular formula is C20H22N2O2S. The summed E-state index contributed by atoms with van der Waals surface area (Å²) in [7, 11) is -1.06. The quantitative estimate of drug-likeness (QED) is 0.670. The summed E-state index contributed by atoms with van der Waals surface area (Å²) in [5, 5.41) is 3.98. The minimum Gasteiger partial charge on any atom is -0.339 e. The Kier molecular flexibility index (Phi) is 5.43. The van der Waals surface area contributed by atoms with Crippen molar-refractivity contribution in [3.8, 4) is 0 Å². The molecule has 0 N–H and O–H groups in total. The molecule has 130 valence electrons. The summed E-state index contributed by atoms with van der Waals surface area (Å²) in [6.07, 6.45) is 0.601. The van der Waals surface area contributed by atoms with E-state index in [1.165, 1.54) is 16.7 Å². The molecule has 25 heavy (non-hydrogen) atoms. The van der Waals surface area contributed by atoms with E-state index in [1.807, 2.05) is 18.2 Å². The molecule has 0 amide bonds. The second-order valence-corrected chi connectivity index (χ2v) is 7.81. The van der Waals surface area contributed by atoms with Crippen molar-refractivity contribution in [2.45, 2.75) is 38.7 Å². The van der Waals surface area contributed by atoms with Gasteiger partial charge in [-0.25, -0.2) is 0 Å². The highest BCUT2D eigenvalue weighted by Crippen LogP contribution is 2.15. The van der Waals surface area contributed by atoms with Gasteiger partial charge < -0.3 is 4.52 Å². The molecule has 0 fully saturated rings. The van der Waals surface area contributed by atoms with Crippen molar-refractivity contribution < 1.29 is 8.73 Å². The Balaban J connectivity index is 1.61. The second kappa shape index (κ2) is 7.74. The molecule has 3 aromatic rings. The minimum absolute atomic E-state index is 0.310. The molecule has 0 saturated heterocycles. The number of aromatic nitrogens is 2. The molecule has 1 aromatic heterocycles. The number of nitrogens with zero attached hydrogens (tertiary/aromatic N) is 2. The maximum Gasteiger partial charge on any atom is 0.231 e. The maximum absolute atomic E-state index is 12.4. The van der Waals surface area contributed by atoms with Gasteiger partial charge in [0.15, 0.2) is 5.82 Å². The van der Waals surface area contributed by atoms with Crippen molar-refractivity contribution in [3.63, 3.8) is 0 Å². The van der Waals surface area contributed by atoms with E-state index in [1.54, 1.807) is 0 Å². The molecular weight excluding hydrogens is 332 g/mol. The Hall–Kier alpha value is -2.27. The van der Waals surface area contributed by atoms with E-state index in [2.05, 4.69) is 55.2 Å². The topological polar surface area (TPSA) is 56.0 Å². The third-order valence-corrected chi connectivity index (χ3v) is 5.54.